The van der Waals surface area contributed by atoms with E-state index in [1.807, 2.05) is 30.3 Å². The van der Waals surface area contributed by atoms with Gasteiger partial charge in [0.1, 0.15) is 0 Å². The number of aromatic nitrogens is 2. The highest BCUT2D eigenvalue weighted by Gasteiger charge is 2.45. The number of imidazole rings is 1. The van der Waals surface area contributed by atoms with Crippen molar-refractivity contribution >= 4 is 22.8 Å². The highest BCUT2D eigenvalue weighted by atomic mass is 16.2. The Balaban J connectivity index is 1.52. The van der Waals surface area contributed by atoms with E-state index >= 15 is 0 Å². The highest BCUT2D eigenvalue weighted by Crippen LogP contribution is 2.51. The average Bonchev–Trinajstić information content (AvgIpc) is 3.18. The number of nitrogens with zero attached hydrogens (tertiary/aromatic N) is 1. The van der Waals surface area contributed by atoms with Gasteiger partial charge in [0.25, 0.3) is 5.91 Å². The largest absolute Gasteiger partial charge is 0.366 e. The summed E-state index contributed by atoms with van der Waals surface area (Å²) in [5.41, 5.74) is 10.7. The van der Waals surface area contributed by atoms with E-state index in [9.17, 15) is 9.59 Å². The number of fused-ring (bicyclic) bond motifs is 2. The Morgan fingerprint density at radius 2 is 1.90 bits per heavy atom. The molecule has 2 amide bonds. The van der Waals surface area contributed by atoms with Gasteiger partial charge in [0.2, 0.25) is 5.91 Å². The normalized spacial score (nSPS) is 20.0. The van der Waals surface area contributed by atoms with Crippen molar-refractivity contribution < 1.29 is 9.59 Å². The number of primary amides is 1. The van der Waals surface area contributed by atoms with Crippen LogP contribution in [0, 0.1) is 5.41 Å². The van der Waals surface area contributed by atoms with Gasteiger partial charge in [-0.1, -0.05) is 26.8 Å². The minimum absolute atomic E-state index is 0.0633. The molecule has 1 aromatic heterocycles. The van der Waals surface area contributed by atoms with Gasteiger partial charge in [0.05, 0.1) is 17.4 Å². The predicted octanol–water partition coefficient (Wildman–Crippen LogP) is 3.71. The van der Waals surface area contributed by atoms with Crippen molar-refractivity contribution in [2.24, 2.45) is 11.1 Å². The van der Waals surface area contributed by atoms with Gasteiger partial charge in [-0.25, -0.2) is 4.98 Å². The number of benzene rings is 2. The third-order valence-corrected chi connectivity index (χ3v) is 7.09. The van der Waals surface area contributed by atoms with Crippen LogP contribution in [0.4, 0.5) is 0 Å². The van der Waals surface area contributed by atoms with Gasteiger partial charge < -0.3 is 16.0 Å². The highest BCUT2D eigenvalue weighted by molar-refractivity contribution is 5.97. The second-order valence-electron chi connectivity index (χ2n) is 9.09. The minimum Gasteiger partial charge on any atom is -0.366 e. The monoisotopic (exact) mass is 404 g/mol. The second-order valence-corrected chi connectivity index (χ2v) is 9.09. The van der Waals surface area contributed by atoms with Gasteiger partial charge in [-0.05, 0) is 71.6 Å². The summed E-state index contributed by atoms with van der Waals surface area (Å²) in [6.07, 6.45) is 4.37. The molecule has 4 N–H and O–H groups in total. The van der Waals surface area contributed by atoms with E-state index in [4.69, 9.17) is 5.73 Å². The summed E-state index contributed by atoms with van der Waals surface area (Å²) in [7, 11) is 0. The fourth-order valence-corrected chi connectivity index (χ4v) is 4.66. The molecule has 0 spiro atoms. The maximum absolute atomic E-state index is 12.7. The second kappa shape index (κ2) is 7.27. The van der Waals surface area contributed by atoms with Crippen LogP contribution in [0.3, 0.4) is 0 Å². The van der Waals surface area contributed by atoms with Crippen LogP contribution in [0.25, 0.3) is 11.0 Å². The fraction of sp³-hybridized carbons (Fsp3) is 0.375. The molecule has 6 heteroatoms. The summed E-state index contributed by atoms with van der Waals surface area (Å²) in [5, 5.41) is 3.08. The first-order chi connectivity index (χ1) is 14.2. The van der Waals surface area contributed by atoms with Crippen molar-refractivity contribution in [2.75, 3.05) is 6.54 Å². The molecular weight excluding hydrogens is 376 g/mol. The summed E-state index contributed by atoms with van der Waals surface area (Å²) >= 11 is 0. The molecule has 1 aliphatic rings. The maximum Gasteiger partial charge on any atom is 0.251 e. The Bertz CT molecular complexity index is 1130. The van der Waals surface area contributed by atoms with E-state index in [0.717, 1.165) is 30.3 Å². The molecule has 0 aliphatic heterocycles. The number of amides is 2. The van der Waals surface area contributed by atoms with E-state index in [-0.39, 0.29) is 16.7 Å². The number of nitrogens with two attached hydrogens (primary N) is 1. The summed E-state index contributed by atoms with van der Waals surface area (Å²) in [4.78, 5) is 31.5. The Labute approximate surface area is 176 Å². The van der Waals surface area contributed by atoms with Gasteiger partial charge in [-0.15, -0.1) is 0 Å². The Hall–Kier alpha value is -3.15. The summed E-state index contributed by atoms with van der Waals surface area (Å²) in [6, 6.07) is 11.3. The standard InChI is InChI=1S/C24H28N4O2/c1-23(2)9-8-15-12-16(21(25)29)4-6-18(15)24(23,3)10-11-26-22(30)17-5-7-19-20(13-17)28-14-27-19/h4-7,12-14H,8-11H2,1-3H3,(H2,25,29)(H,26,30)(H,27,28). The van der Waals surface area contributed by atoms with E-state index in [0.29, 0.717) is 17.7 Å². The first-order valence-electron chi connectivity index (χ1n) is 10.4. The smallest absolute Gasteiger partial charge is 0.251 e. The lowest BCUT2D eigenvalue weighted by Gasteiger charge is -2.49. The van der Waals surface area contributed by atoms with Gasteiger partial charge in [0.15, 0.2) is 0 Å². The van der Waals surface area contributed by atoms with Crippen LogP contribution in [0.5, 0.6) is 0 Å². The molecule has 2 aromatic carbocycles. The van der Waals surface area contributed by atoms with Crippen molar-refractivity contribution in [1.29, 1.82) is 0 Å². The van der Waals surface area contributed by atoms with Crippen LogP contribution in [0.15, 0.2) is 42.7 Å². The number of carbonyl (C=O) groups is 2. The molecule has 1 unspecified atom stereocenters. The van der Waals surface area contributed by atoms with Gasteiger partial charge >= 0.3 is 0 Å². The lowest BCUT2D eigenvalue weighted by atomic mass is 9.55. The Morgan fingerprint density at radius 3 is 2.67 bits per heavy atom. The molecule has 0 bridgehead atoms. The van der Waals surface area contributed by atoms with Crippen LogP contribution < -0.4 is 11.1 Å². The molecule has 3 aromatic rings. The molecule has 0 fully saturated rings. The van der Waals surface area contributed by atoms with Gasteiger partial charge in [0, 0.05) is 17.7 Å². The predicted molar refractivity (Wildman–Crippen MR) is 117 cm³/mol. The molecule has 0 radical (unpaired) electrons. The first-order valence-corrected chi connectivity index (χ1v) is 10.4. The molecule has 1 atom stereocenters. The average molecular weight is 405 g/mol. The molecular formula is C24H28N4O2. The number of hydrogen-bond donors (Lipinski definition) is 3. The summed E-state index contributed by atoms with van der Waals surface area (Å²) < 4.78 is 0. The zero-order valence-corrected chi connectivity index (χ0v) is 17.7. The van der Waals surface area contributed by atoms with Crippen LogP contribution >= 0.6 is 0 Å². The Kier molecular flexibility index (Phi) is 4.88. The topological polar surface area (TPSA) is 101 Å². The molecule has 0 saturated carbocycles. The lowest BCUT2D eigenvalue weighted by Crippen LogP contribution is -2.45. The van der Waals surface area contributed by atoms with Crippen LogP contribution in [0.1, 0.15) is 65.5 Å². The number of H-pyrrole nitrogens is 1. The fourth-order valence-electron chi connectivity index (χ4n) is 4.66. The molecule has 1 aliphatic carbocycles. The van der Waals surface area contributed by atoms with Crippen LogP contribution in [-0.2, 0) is 11.8 Å². The number of carbonyl (C=O) groups excluding carboxylic acids is 2. The zero-order chi connectivity index (χ0) is 21.5. The minimum atomic E-state index is -0.397. The van der Waals surface area contributed by atoms with Gasteiger partial charge in [-0.3, -0.25) is 9.59 Å². The number of rotatable bonds is 5. The molecule has 1 heterocycles. The number of aromatic amines is 1. The number of hydrogen-bond acceptors (Lipinski definition) is 3. The van der Waals surface area contributed by atoms with Crippen molar-refractivity contribution in [2.45, 2.75) is 45.4 Å². The van der Waals surface area contributed by atoms with E-state index < -0.39 is 5.91 Å². The quantitative estimate of drug-likeness (QED) is 0.604. The molecule has 0 saturated heterocycles. The van der Waals surface area contributed by atoms with Crippen LogP contribution in [0.2, 0.25) is 0 Å². The third-order valence-electron chi connectivity index (χ3n) is 7.09. The Morgan fingerprint density at radius 1 is 1.13 bits per heavy atom. The SMILES string of the molecule is CC1(C)CCc2cc(C(N)=O)ccc2C1(C)CCNC(=O)c1ccc2nc[nH]c2c1. The first kappa shape index (κ1) is 20.1. The number of aryl methyl sites for hydroxylation is 1. The number of nitrogens with one attached hydrogen (secondary N) is 2. The van der Waals surface area contributed by atoms with Crippen molar-refractivity contribution in [3.63, 3.8) is 0 Å². The van der Waals surface area contributed by atoms with E-state index in [1.54, 1.807) is 12.4 Å². The van der Waals surface area contributed by atoms with E-state index in [1.165, 1.54) is 11.1 Å². The lowest BCUT2D eigenvalue weighted by molar-refractivity contribution is 0.0930. The molecule has 30 heavy (non-hydrogen) atoms. The van der Waals surface area contributed by atoms with Crippen LogP contribution in [-0.4, -0.2) is 28.3 Å². The van der Waals surface area contributed by atoms with Crippen molar-refractivity contribution in [1.82, 2.24) is 15.3 Å². The molecule has 6 nitrogen and oxygen atoms in total. The van der Waals surface area contributed by atoms with Crippen molar-refractivity contribution in [3.05, 3.63) is 65.0 Å². The molecule has 4 rings (SSSR count). The molecule has 156 valence electrons. The van der Waals surface area contributed by atoms with Crippen molar-refractivity contribution in [3.8, 4) is 0 Å². The summed E-state index contributed by atoms with van der Waals surface area (Å²) in [5.74, 6) is -0.487. The maximum atomic E-state index is 12.7. The third kappa shape index (κ3) is 3.36. The zero-order valence-electron chi connectivity index (χ0n) is 17.7. The van der Waals surface area contributed by atoms with Gasteiger partial charge in [-0.2, -0.15) is 0 Å². The summed E-state index contributed by atoms with van der Waals surface area (Å²) in [6.45, 7) is 7.40. The van der Waals surface area contributed by atoms with E-state index in [2.05, 4.69) is 36.1 Å².